The summed E-state index contributed by atoms with van der Waals surface area (Å²) < 4.78 is 11.9. The van der Waals surface area contributed by atoms with E-state index in [0.717, 1.165) is 16.3 Å². The average Bonchev–Trinajstić information content (AvgIpc) is 2.91. The molecule has 1 aliphatic heterocycles. The Bertz CT molecular complexity index is 932. The summed E-state index contributed by atoms with van der Waals surface area (Å²) in [7, 11) is 0. The Hall–Kier alpha value is -3.01. The van der Waals surface area contributed by atoms with E-state index >= 15 is 0 Å². The summed E-state index contributed by atoms with van der Waals surface area (Å²) >= 11 is 0. The number of carboxylic acids is 1. The number of fused-ring (bicyclic) bond motifs is 2. The number of aromatic carboxylic acids is 1. The van der Waals surface area contributed by atoms with E-state index in [0.29, 0.717) is 5.75 Å². The second-order valence-electron chi connectivity index (χ2n) is 5.65. The smallest absolute Gasteiger partial charge is 0.339 e. The minimum absolute atomic E-state index is 0.104. The van der Waals surface area contributed by atoms with E-state index in [1.165, 1.54) is 6.07 Å². The summed E-state index contributed by atoms with van der Waals surface area (Å²) in [5, 5.41) is 11.5. The fraction of sp³-hybridized carbons (Fsp3) is 0.105. The van der Waals surface area contributed by atoms with E-state index in [-0.39, 0.29) is 11.3 Å². The Morgan fingerprint density at radius 3 is 2.52 bits per heavy atom. The van der Waals surface area contributed by atoms with Gasteiger partial charge < -0.3 is 14.6 Å². The van der Waals surface area contributed by atoms with Crippen molar-refractivity contribution in [1.29, 1.82) is 0 Å². The zero-order valence-electron chi connectivity index (χ0n) is 12.4. The van der Waals surface area contributed by atoms with Gasteiger partial charge in [0.2, 0.25) is 0 Å². The number of benzene rings is 3. The first-order chi connectivity index (χ1) is 11.1. The minimum Gasteiger partial charge on any atom is -0.478 e. The number of para-hydroxylation sites is 1. The Morgan fingerprint density at radius 1 is 0.957 bits per heavy atom. The summed E-state index contributed by atoms with van der Waals surface area (Å²) in [6.45, 7) is 1.79. The highest BCUT2D eigenvalue weighted by Crippen LogP contribution is 2.46. The molecule has 23 heavy (non-hydrogen) atoms. The normalized spacial score (nSPS) is 19.0. The van der Waals surface area contributed by atoms with Crippen molar-refractivity contribution in [2.45, 2.75) is 12.7 Å². The molecule has 0 aliphatic carbocycles. The fourth-order valence-corrected chi connectivity index (χ4v) is 2.88. The van der Waals surface area contributed by atoms with Gasteiger partial charge in [-0.2, -0.15) is 0 Å². The number of carboxylic acid groups (broad SMARTS) is 1. The molecule has 0 spiro atoms. The molecule has 0 unspecified atom stereocenters. The number of rotatable bonds is 2. The first-order valence-corrected chi connectivity index (χ1v) is 7.30. The van der Waals surface area contributed by atoms with Gasteiger partial charge in [-0.05, 0) is 29.0 Å². The molecule has 114 valence electrons. The van der Waals surface area contributed by atoms with Gasteiger partial charge >= 0.3 is 5.97 Å². The third-order valence-electron chi connectivity index (χ3n) is 4.08. The molecule has 0 saturated carbocycles. The quantitative estimate of drug-likeness (QED) is 0.771. The van der Waals surface area contributed by atoms with Gasteiger partial charge in [0.1, 0.15) is 5.56 Å². The van der Waals surface area contributed by atoms with Crippen LogP contribution in [0.2, 0.25) is 0 Å². The van der Waals surface area contributed by atoms with E-state index in [2.05, 4.69) is 0 Å². The van der Waals surface area contributed by atoms with Crippen molar-refractivity contribution in [3.63, 3.8) is 0 Å². The van der Waals surface area contributed by atoms with E-state index < -0.39 is 11.8 Å². The molecule has 0 aromatic heterocycles. The molecule has 0 fully saturated rings. The van der Waals surface area contributed by atoms with Gasteiger partial charge in [-0.25, -0.2) is 4.79 Å². The third-order valence-corrected chi connectivity index (χ3v) is 4.08. The molecule has 3 aromatic rings. The van der Waals surface area contributed by atoms with Crippen LogP contribution in [0.3, 0.4) is 0 Å². The molecular formula is C19H14O4. The Balaban J connectivity index is 1.80. The minimum atomic E-state index is -1.04. The van der Waals surface area contributed by atoms with Crippen LogP contribution in [0, 0.1) is 0 Å². The molecule has 3 aromatic carbocycles. The Kier molecular flexibility index (Phi) is 2.81. The van der Waals surface area contributed by atoms with Crippen molar-refractivity contribution in [3.8, 4) is 11.5 Å². The van der Waals surface area contributed by atoms with Crippen LogP contribution >= 0.6 is 0 Å². The summed E-state index contributed by atoms with van der Waals surface area (Å²) in [4.78, 5) is 11.3. The topological polar surface area (TPSA) is 55.8 Å². The molecular weight excluding hydrogens is 292 g/mol. The molecule has 1 atom stereocenters. The molecule has 4 heteroatoms. The zero-order chi connectivity index (χ0) is 16.0. The lowest BCUT2D eigenvalue weighted by Gasteiger charge is -2.24. The van der Waals surface area contributed by atoms with Crippen LogP contribution in [0.1, 0.15) is 22.8 Å². The van der Waals surface area contributed by atoms with Crippen LogP contribution in [0.4, 0.5) is 0 Å². The Labute approximate surface area is 132 Å². The lowest BCUT2D eigenvalue weighted by Crippen LogP contribution is -2.31. The maximum absolute atomic E-state index is 11.3. The number of hydrogen-bond acceptors (Lipinski definition) is 3. The molecule has 4 nitrogen and oxygen atoms in total. The van der Waals surface area contributed by atoms with Gasteiger partial charge in [-0.15, -0.1) is 0 Å². The maximum Gasteiger partial charge on any atom is 0.339 e. The number of carbonyl (C=O) groups is 1. The van der Waals surface area contributed by atoms with E-state index in [1.807, 2.05) is 42.5 Å². The van der Waals surface area contributed by atoms with Gasteiger partial charge in [0.05, 0.1) is 0 Å². The third kappa shape index (κ3) is 2.11. The summed E-state index contributed by atoms with van der Waals surface area (Å²) in [6.07, 6.45) is 0. The largest absolute Gasteiger partial charge is 0.478 e. The van der Waals surface area contributed by atoms with Crippen molar-refractivity contribution in [2.75, 3.05) is 0 Å². The molecule has 1 heterocycles. The monoisotopic (exact) mass is 306 g/mol. The maximum atomic E-state index is 11.3. The summed E-state index contributed by atoms with van der Waals surface area (Å²) in [5.41, 5.74) is 0.941. The van der Waals surface area contributed by atoms with Crippen molar-refractivity contribution >= 4 is 16.7 Å². The van der Waals surface area contributed by atoms with E-state index in [9.17, 15) is 9.90 Å². The first kappa shape index (κ1) is 13.6. The van der Waals surface area contributed by atoms with Crippen LogP contribution in [0.5, 0.6) is 11.5 Å². The highest BCUT2D eigenvalue weighted by Gasteiger charge is 2.40. The molecule has 4 rings (SSSR count). The van der Waals surface area contributed by atoms with Crippen LogP contribution in [-0.2, 0) is 5.79 Å². The van der Waals surface area contributed by atoms with Gasteiger partial charge in [0.25, 0.3) is 5.79 Å². The molecule has 1 aliphatic rings. The van der Waals surface area contributed by atoms with Gasteiger partial charge in [-0.3, -0.25) is 0 Å². The lowest BCUT2D eigenvalue weighted by molar-refractivity contribution is -0.0681. The second-order valence-corrected chi connectivity index (χ2v) is 5.65. The molecule has 0 saturated heterocycles. The van der Waals surface area contributed by atoms with Crippen molar-refractivity contribution in [2.24, 2.45) is 0 Å². The molecule has 1 N–H and O–H groups in total. The summed E-state index contributed by atoms with van der Waals surface area (Å²) in [6, 6.07) is 18.8. The standard InChI is InChI=1S/C19H14O4/c1-19(14-10-9-12-5-2-3-6-13(12)11-14)22-16-8-4-7-15(18(20)21)17(16)23-19/h2-11H,1H3,(H,20,21)/t19-/m0/s1. The Morgan fingerprint density at radius 2 is 1.74 bits per heavy atom. The second kappa shape index (κ2) is 4.74. The average molecular weight is 306 g/mol. The van der Waals surface area contributed by atoms with Crippen LogP contribution < -0.4 is 9.47 Å². The highest BCUT2D eigenvalue weighted by atomic mass is 16.7. The number of ether oxygens (including phenoxy) is 2. The van der Waals surface area contributed by atoms with E-state index in [1.54, 1.807) is 19.1 Å². The van der Waals surface area contributed by atoms with Gasteiger partial charge in [0, 0.05) is 12.5 Å². The van der Waals surface area contributed by atoms with Crippen molar-refractivity contribution in [3.05, 3.63) is 71.8 Å². The SMILES string of the molecule is C[C@]1(c2ccc3ccccc3c2)Oc2cccc(C(=O)O)c2O1. The zero-order valence-corrected chi connectivity index (χ0v) is 12.4. The van der Waals surface area contributed by atoms with Gasteiger partial charge in [0.15, 0.2) is 11.5 Å². The lowest BCUT2D eigenvalue weighted by atomic mass is 10.0. The molecule has 0 amide bonds. The fourth-order valence-electron chi connectivity index (χ4n) is 2.88. The van der Waals surface area contributed by atoms with Crippen LogP contribution in [0.25, 0.3) is 10.8 Å². The first-order valence-electron chi connectivity index (χ1n) is 7.30. The molecule has 0 radical (unpaired) electrons. The van der Waals surface area contributed by atoms with Crippen molar-refractivity contribution in [1.82, 2.24) is 0 Å². The molecule has 0 bridgehead atoms. The highest BCUT2D eigenvalue weighted by molar-refractivity contribution is 5.92. The van der Waals surface area contributed by atoms with Crippen LogP contribution in [-0.4, -0.2) is 11.1 Å². The van der Waals surface area contributed by atoms with E-state index in [4.69, 9.17) is 9.47 Å². The number of hydrogen-bond donors (Lipinski definition) is 1. The predicted molar refractivity (Wildman–Crippen MR) is 86.0 cm³/mol. The van der Waals surface area contributed by atoms with Gasteiger partial charge in [-0.1, -0.05) is 42.5 Å². The van der Waals surface area contributed by atoms with Crippen molar-refractivity contribution < 1.29 is 19.4 Å². The predicted octanol–water partition coefficient (Wildman–Crippen LogP) is 4.18. The summed E-state index contributed by atoms with van der Waals surface area (Å²) in [5.74, 6) is -1.36. The van der Waals surface area contributed by atoms with Crippen LogP contribution in [0.15, 0.2) is 60.7 Å².